The second-order valence-corrected chi connectivity index (χ2v) is 31.7. The summed E-state index contributed by atoms with van der Waals surface area (Å²) in [6.07, 6.45) is 0. The summed E-state index contributed by atoms with van der Waals surface area (Å²) >= 11 is 7.04. The molecule has 0 aromatic heterocycles. The Morgan fingerprint density at radius 1 is 0.643 bits per heavy atom. The summed E-state index contributed by atoms with van der Waals surface area (Å²) in [5, 5.41) is 0. The van der Waals surface area contributed by atoms with Crippen molar-refractivity contribution < 1.29 is 0 Å². The predicted octanol–water partition coefficient (Wildman–Crippen LogP) is 3.68. The maximum absolute atomic E-state index is 7.04. The highest BCUT2D eigenvalue weighted by atomic mass is 35.6. The van der Waals surface area contributed by atoms with Gasteiger partial charge in [0.05, 0.1) is 0 Å². The van der Waals surface area contributed by atoms with Crippen molar-refractivity contribution in [3.8, 4) is 0 Å². The van der Waals surface area contributed by atoms with E-state index in [2.05, 4.69) is 19.6 Å². The highest BCUT2D eigenvalue weighted by Crippen LogP contribution is 2.60. The topological polar surface area (TPSA) is 0 Å². The third-order valence-electron chi connectivity index (χ3n) is 4.79. The molecule has 0 spiro atoms. The van der Waals surface area contributed by atoms with Crippen molar-refractivity contribution in [2.75, 3.05) is 0 Å². The second kappa shape index (κ2) is 2.52. The van der Waals surface area contributed by atoms with Gasteiger partial charge in [-0.2, -0.15) is 11.1 Å². The first-order chi connectivity index (χ1) is 6.24. The average molecular weight is 277 g/mol. The summed E-state index contributed by atoms with van der Waals surface area (Å²) in [6, 6.07) is 0. The molecule has 4 heterocycles. The van der Waals surface area contributed by atoms with Crippen LogP contribution in [0.3, 0.4) is 0 Å². The lowest BCUT2D eigenvalue weighted by atomic mass is 11.6. The fraction of sp³-hybridized carbons (Fsp3) is 1.00. The van der Waals surface area contributed by atoms with Crippen molar-refractivity contribution in [1.29, 1.82) is 0 Å². The zero-order valence-electron chi connectivity index (χ0n) is 9.62. The first-order valence-corrected chi connectivity index (χ1v) is 18.9. The van der Waals surface area contributed by atoms with Crippen LogP contribution in [0.15, 0.2) is 0 Å². The van der Waals surface area contributed by atoms with Crippen LogP contribution < -0.4 is 0 Å². The first kappa shape index (κ1) is 10.3. The van der Waals surface area contributed by atoms with Crippen molar-refractivity contribution >= 4 is 42.7 Å². The SMILES string of the molecule is C[Si]12C[Si]3(C)C[Si](C)(C1)C[Si](Cl)(C2)C3. The van der Waals surface area contributed by atoms with Crippen molar-refractivity contribution in [2.24, 2.45) is 0 Å². The Labute approximate surface area is 96.2 Å². The molecule has 0 atom stereocenters. The smallest absolute Gasteiger partial charge is 0.148 e. The van der Waals surface area contributed by atoms with E-state index in [4.69, 9.17) is 11.1 Å². The van der Waals surface area contributed by atoms with E-state index in [1.54, 1.807) is 34.0 Å². The van der Waals surface area contributed by atoms with Crippen LogP contribution in [0, 0.1) is 0 Å². The number of hydrogen-bond acceptors (Lipinski definition) is 0. The first-order valence-electron chi connectivity index (χ1n) is 5.93. The van der Waals surface area contributed by atoms with Crippen LogP contribution in [0.5, 0.6) is 0 Å². The van der Waals surface area contributed by atoms with E-state index in [1.165, 1.54) is 0 Å². The molecular weight excluding hydrogens is 256 g/mol. The molecule has 0 saturated carbocycles. The molecule has 5 heteroatoms. The third-order valence-corrected chi connectivity index (χ3v) is 46.7. The highest BCUT2D eigenvalue weighted by Gasteiger charge is 2.66. The van der Waals surface area contributed by atoms with Crippen molar-refractivity contribution in [3.63, 3.8) is 0 Å². The second-order valence-electron chi connectivity index (χ2n) is 7.64. The summed E-state index contributed by atoms with van der Waals surface area (Å²) in [5.74, 6) is 0. The van der Waals surface area contributed by atoms with E-state index < -0.39 is 31.6 Å². The highest BCUT2D eigenvalue weighted by molar-refractivity contribution is 7.41. The Kier molecular flexibility index (Phi) is 1.86. The van der Waals surface area contributed by atoms with E-state index in [1.807, 2.05) is 0 Å². The van der Waals surface area contributed by atoms with Crippen LogP contribution in [0.2, 0.25) is 53.6 Å². The Hall–Kier alpha value is 1.16. The van der Waals surface area contributed by atoms with Crippen LogP contribution in [0.4, 0.5) is 0 Å². The van der Waals surface area contributed by atoms with Crippen LogP contribution in [-0.2, 0) is 0 Å². The van der Waals surface area contributed by atoms with Gasteiger partial charge in [0.2, 0.25) is 0 Å². The Morgan fingerprint density at radius 3 is 1.14 bits per heavy atom. The van der Waals surface area contributed by atoms with Gasteiger partial charge in [-0.1, -0.05) is 36.6 Å². The molecule has 0 aromatic carbocycles. The molecule has 4 bridgehead atoms. The quantitative estimate of drug-likeness (QED) is 0.468. The molecule has 4 aliphatic rings. The largest absolute Gasteiger partial charge is 0.168 e. The van der Waals surface area contributed by atoms with Gasteiger partial charge in [0.15, 0.2) is 0 Å². The molecule has 80 valence electrons. The minimum absolute atomic E-state index is 0.764. The van der Waals surface area contributed by atoms with E-state index in [-0.39, 0.29) is 0 Å². The van der Waals surface area contributed by atoms with Gasteiger partial charge in [-0.3, -0.25) is 0 Å². The van der Waals surface area contributed by atoms with E-state index in [9.17, 15) is 0 Å². The lowest BCUT2D eigenvalue weighted by molar-refractivity contribution is 1.20. The fourth-order valence-corrected chi connectivity index (χ4v) is 77.4. The van der Waals surface area contributed by atoms with E-state index in [0.29, 0.717) is 0 Å². The van der Waals surface area contributed by atoms with Crippen molar-refractivity contribution in [1.82, 2.24) is 0 Å². The summed E-state index contributed by atoms with van der Waals surface area (Å²) in [4.78, 5) is 0. The van der Waals surface area contributed by atoms with Crippen LogP contribution in [0.1, 0.15) is 0 Å². The zero-order chi connectivity index (χ0) is 10.2. The normalized spacial score (nSPS) is 66.0. The standard InChI is InChI=1S/C9H21ClSi4/c1-11-4-12(2)6-13(3,5-11)9-14(10,7-11)8-12/h4-9H2,1-3H3. The summed E-state index contributed by atoms with van der Waals surface area (Å²) in [7, 11) is -3.45. The zero-order valence-corrected chi connectivity index (χ0v) is 14.4. The van der Waals surface area contributed by atoms with Gasteiger partial charge in [-0.25, -0.2) is 0 Å². The fourth-order valence-electron chi connectivity index (χ4n) is 6.14. The van der Waals surface area contributed by atoms with E-state index in [0.717, 1.165) is 0 Å². The molecule has 0 radical (unpaired) electrons. The number of rotatable bonds is 0. The maximum Gasteiger partial charge on any atom is 0.148 e. The Balaban J connectivity index is 2.08. The van der Waals surface area contributed by atoms with Crippen LogP contribution >= 0.6 is 11.1 Å². The monoisotopic (exact) mass is 276 g/mol. The summed E-state index contributed by atoms with van der Waals surface area (Å²) in [5.41, 5.74) is 10.2. The molecule has 0 unspecified atom stereocenters. The Morgan fingerprint density at radius 2 is 0.929 bits per heavy atom. The molecule has 4 saturated heterocycles. The van der Waals surface area contributed by atoms with Crippen molar-refractivity contribution in [2.45, 2.75) is 53.6 Å². The summed E-state index contributed by atoms with van der Waals surface area (Å²) in [6.45, 7) is 8.14. The van der Waals surface area contributed by atoms with Gasteiger partial charge in [-0.05, 0) is 17.0 Å². The maximum atomic E-state index is 7.04. The van der Waals surface area contributed by atoms with Gasteiger partial charge in [0.1, 0.15) is 7.38 Å². The number of hydrogen-bond donors (Lipinski definition) is 0. The van der Waals surface area contributed by atoms with Gasteiger partial charge < -0.3 is 0 Å². The molecule has 0 aromatic rings. The Bertz CT molecular complexity index is 210. The molecule has 0 nitrogen and oxygen atoms in total. The third kappa shape index (κ3) is 1.41. The lowest BCUT2D eigenvalue weighted by Gasteiger charge is -2.64. The van der Waals surface area contributed by atoms with Crippen molar-refractivity contribution in [3.05, 3.63) is 0 Å². The lowest BCUT2D eigenvalue weighted by Crippen LogP contribution is -2.74. The summed E-state index contributed by atoms with van der Waals surface area (Å²) < 4.78 is 0. The average Bonchev–Trinajstić information content (AvgIpc) is 1.67. The van der Waals surface area contributed by atoms with Crippen LogP contribution in [-0.4, -0.2) is 31.6 Å². The minimum Gasteiger partial charge on any atom is -0.168 e. The molecule has 0 amide bonds. The van der Waals surface area contributed by atoms with Crippen LogP contribution in [0.25, 0.3) is 0 Å². The van der Waals surface area contributed by atoms with Gasteiger partial charge in [-0.15, -0.1) is 0 Å². The van der Waals surface area contributed by atoms with Gasteiger partial charge in [0.25, 0.3) is 0 Å². The minimum atomic E-state index is -1.16. The molecule has 4 rings (SSSR count). The molecule has 4 fully saturated rings. The van der Waals surface area contributed by atoms with Gasteiger partial charge in [0, 0.05) is 24.2 Å². The molecule has 14 heavy (non-hydrogen) atoms. The van der Waals surface area contributed by atoms with E-state index >= 15 is 0 Å². The molecular formula is C9H21ClSi4. The molecule has 0 N–H and O–H groups in total. The van der Waals surface area contributed by atoms with Gasteiger partial charge >= 0.3 is 0 Å². The molecule has 0 aliphatic carbocycles. The molecule has 4 aliphatic heterocycles. The number of halogens is 1. The predicted molar refractivity (Wildman–Crippen MR) is 75.3 cm³/mol.